The highest BCUT2D eigenvalue weighted by Gasteiger charge is 2.48. The second-order valence-electron chi connectivity index (χ2n) is 13.5. The summed E-state index contributed by atoms with van der Waals surface area (Å²) in [4.78, 5) is 17.7. The van der Waals surface area contributed by atoms with Crippen molar-refractivity contribution >= 4 is 22.7 Å². The van der Waals surface area contributed by atoms with E-state index in [0.29, 0.717) is 33.4 Å². The molecule has 0 saturated heterocycles. The number of hydrogen-bond acceptors (Lipinski definition) is 6. The van der Waals surface area contributed by atoms with E-state index in [1.165, 1.54) is 19.2 Å². The highest BCUT2D eigenvalue weighted by molar-refractivity contribution is 5.94. The summed E-state index contributed by atoms with van der Waals surface area (Å²) in [6.45, 7) is 0. The van der Waals surface area contributed by atoms with Crippen LogP contribution < -0.4 is 5.32 Å². The summed E-state index contributed by atoms with van der Waals surface area (Å²) in [5.74, 6) is -1.27. The second kappa shape index (κ2) is 13.1. The van der Waals surface area contributed by atoms with Gasteiger partial charge in [-0.3, -0.25) is 9.89 Å². The van der Waals surface area contributed by atoms with Gasteiger partial charge in [0.25, 0.3) is 0 Å². The van der Waals surface area contributed by atoms with Crippen molar-refractivity contribution in [3.8, 4) is 17.3 Å². The molecule has 7 nitrogen and oxygen atoms in total. The Morgan fingerprint density at radius 2 is 1.51 bits per heavy atom. The van der Waals surface area contributed by atoms with E-state index >= 15 is 8.78 Å². The van der Waals surface area contributed by atoms with Gasteiger partial charge in [0, 0.05) is 28.8 Å². The highest BCUT2D eigenvalue weighted by atomic mass is 19.1. The van der Waals surface area contributed by atoms with Crippen LogP contribution >= 0.6 is 0 Å². The minimum Gasteiger partial charge on any atom is -0.469 e. The third kappa shape index (κ3) is 5.34. The Bertz CT molecular complexity index is 2240. The quantitative estimate of drug-likeness (QED) is 0.123. The van der Waals surface area contributed by atoms with Gasteiger partial charge in [0.05, 0.1) is 41.5 Å². The lowest BCUT2D eigenvalue weighted by Crippen LogP contribution is -2.51. The largest absolute Gasteiger partial charge is 0.469 e. The third-order valence-corrected chi connectivity index (χ3v) is 11.0. The summed E-state index contributed by atoms with van der Waals surface area (Å²) in [6, 6.07) is 32.8. The molecular formula is C42H35F2N5O2. The Balaban J connectivity index is 1.31. The molecule has 3 fully saturated rings. The van der Waals surface area contributed by atoms with Crippen molar-refractivity contribution in [2.75, 3.05) is 12.4 Å². The molecule has 0 spiro atoms. The van der Waals surface area contributed by atoms with E-state index in [1.807, 2.05) is 72.8 Å². The summed E-state index contributed by atoms with van der Waals surface area (Å²) < 4.78 is 37.1. The van der Waals surface area contributed by atoms with Crippen molar-refractivity contribution in [1.82, 2.24) is 15.2 Å². The van der Waals surface area contributed by atoms with Crippen LogP contribution in [0.15, 0.2) is 109 Å². The molecule has 9 rings (SSSR count). The fourth-order valence-corrected chi connectivity index (χ4v) is 8.71. The molecule has 3 saturated carbocycles. The predicted molar refractivity (Wildman–Crippen MR) is 191 cm³/mol. The molecule has 4 aromatic carbocycles. The summed E-state index contributed by atoms with van der Waals surface area (Å²) >= 11 is 0. The van der Waals surface area contributed by atoms with Crippen LogP contribution in [0.25, 0.3) is 22.3 Å². The van der Waals surface area contributed by atoms with E-state index in [2.05, 4.69) is 21.6 Å². The van der Waals surface area contributed by atoms with Crippen molar-refractivity contribution in [3.63, 3.8) is 0 Å². The fourth-order valence-electron chi connectivity index (χ4n) is 8.71. The first-order valence-corrected chi connectivity index (χ1v) is 17.2. The number of aromatic amines is 1. The standard InChI is InChI=1S/C42H35F2N5O2/c1-51-41(50)37-25-16-18-26(19-17-25)38(37)47-36-22-31(27(23-45)20-35(36)44)39-32-21-30(24-46-40(32)49-48-39)42(28-10-4-2-5-11-28,29-12-6-3-7-13-29)33-14-8-9-15-34(33)43/h2-15,20-22,24-26,37-38,47H,16-19H2,1H3,(H,46,48,49). The van der Waals surface area contributed by atoms with E-state index in [0.717, 1.165) is 36.8 Å². The third-order valence-electron chi connectivity index (χ3n) is 11.0. The maximum Gasteiger partial charge on any atom is 0.311 e. The van der Waals surface area contributed by atoms with Gasteiger partial charge in [-0.15, -0.1) is 0 Å². The second-order valence-corrected chi connectivity index (χ2v) is 13.5. The zero-order valence-electron chi connectivity index (χ0n) is 27.9. The zero-order chi connectivity index (χ0) is 35.1. The number of carbonyl (C=O) groups is 1. The van der Waals surface area contributed by atoms with Crippen LogP contribution in [-0.4, -0.2) is 34.3 Å². The van der Waals surface area contributed by atoms with Gasteiger partial charge >= 0.3 is 5.97 Å². The smallest absolute Gasteiger partial charge is 0.311 e. The van der Waals surface area contributed by atoms with Gasteiger partial charge in [-0.1, -0.05) is 78.9 Å². The molecule has 2 bridgehead atoms. The number of esters is 1. The molecule has 2 atom stereocenters. The minimum atomic E-state index is -1.12. The van der Waals surface area contributed by atoms with Crippen LogP contribution in [-0.2, 0) is 14.9 Å². The first-order chi connectivity index (χ1) is 24.9. The molecule has 0 aliphatic heterocycles. The molecule has 2 heterocycles. The van der Waals surface area contributed by atoms with Crippen molar-refractivity contribution in [3.05, 3.63) is 149 Å². The number of H-pyrrole nitrogens is 1. The average molecular weight is 680 g/mol. The van der Waals surface area contributed by atoms with Gasteiger partial charge in [-0.2, -0.15) is 10.4 Å². The normalized spacial score (nSPS) is 19.8. The Morgan fingerprint density at radius 1 is 0.863 bits per heavy atom. The first kappa shape index (κ1) is 32.3. The lowest BCUT2D eigenvalue weighted by molar-refractivity contribution is -0.152. The van der Waals surface area contributed by atoms with Crippen molar-refractivity contribution < 1.29 is 18.3 Å². The number of nitriles is 1. The van der Waals surface area contributed by atoms with Crippen LogP contribution in [0.4, 0.5) is 14.5 Å². The summed E-state index contributed by atoms with van der Waals surface area (Å²) in [6.07, 6.45) is 5.51. The first-order valence-electron chi connectivity index (χ1n) is 17.2. The minimum absolute atomic E-state index is 0.107. The van der Waals surface area contributed by atoms with Gasteiger partial charge < -0.3 is 10.1 Å². The number of aromatic nitrogens is 3. The number of pyridine rings is 1. The lowest BCUT2D eigenvalue weighted by atomic mass is 9.61. The Hall–Kier alpha value is -5.88. The van der Waals surface area contributed by atoms with E-state index in [4.69, 9.17) is 9.72 Å². The molecule has 51 heavy (non-hydrogen) atoms. The van der Waals surface area contributed by atoms with Crippen LogP contribution in [0.1, 0.15) is 53.5 Å². The summed E-state index contributed by atoms with van der Waals surface area (Å²) in [5, 5.41) is 21.7. The van der Waals surface area contributed by atoms with E-state index < -0.39 is 11.2 Å². The summed E-state index contributed by atoms with van der Waals surface area (Å²) in [5.41, 5.74) is 3.25. The number of rotatable bonds is 8. The molecule has 9 heteroatoms. The highest BCUT2D eigenvalue weighted by Crippen LogP contribution is 2.49. The molecule has 254 valence electrons. The topological polar surface area (TPSA) is 104 Å². The van der Waals surface area contributed by atoms with Crippen molar-refractivity contribution in [2.45, 2.75) is 37.1 Å². The van der Waals surface area contributed by atoms with Crippen LogP contribution in [0.5, 0.6) is 0 Å². The average Bonchev–Trinajstić information content (AvgIpc) is 3.61. The molecule has 3 aliphatic carbocycles. The number of ether oxygens (including phenoxy) is 1. The molecular weight excluding hydrogens is 644 g/mol. The molecule has 2 aromatic heterocycles. The molecule has 6 aromatic rings. The van der Waals surface area contributed by atoms with Gasteiger partial charge in [0.15, 0.2) is 5.65 Å². The van der Waals surface area contributed by atoms with E-state index in [-0.39, 0.29) is 46.8 Å². The van der Waals surface area contributed by atoms with Crippen LogP contribution in [0.2, 0.25) is 0 Å². The fraction of sp³-hybridized carbons (Fsp3) is 0.238. The predicted octanol–water partition coefficient (Wildman–Crippen LogP) is 8.55. The van der Waals surface area contributed by atoms with Crippen LogP contribution in [0, 0.1) is 40.7 Å². The van der Waals surface area contributed by atoms with Gasteiger partial charge in [-0.05, 0) is 78.5 Å². The number of carbonyl (C=O) groups excluding carboxylic acids is 1. The van der Waals surface area contributed by atoms with E-state index in [9.17, 15) is 10.1 Å². The number of halogens is 2. The zero-order valence-corrected chi connectivity index (χ0v) is 27.9. The number of hydrogen-bond donors (Lipinski definition) is 2. The maximum absolute atomic E-state index is 16.1. The number of fused-ring (bicyclic) bond motifs is 4. The molecule has 0 radical (unpaired) electrons. The SMILES string of the molecule is COC(=O)C1C2CCC(CC2)C1Nc1cc(-c2[nH]nc3ncc(C(c4ccccc4)(c4ccccc4)c4ccccc4F)cc23)c(C#N)cc1F. The van der Waals surface area contributed by atoms with Gasteiger partial charge in [0.1, 0.15) is 11.6 Å². The summed E-state index contributed by atoms with van der Waals surface area (Å²) in [7, 11) is 1.39. The molecule has 0 amide bonds. The molecule has 2 unspecified atom stereocenters. The van der Waals surface area contributed by atoms with Crippen LogP contribution in [0.3, 0.4) is 0 Å². The molecule has 2 N–H and O–H groups in total. The van der Waals surface area contributed by atoms with Crippen molar-refractivity contribution in [2.24, 2.45) is 17.8 Å². The Morgan fingerprint density at radius 3 is 2.16 bits per heavy atom. The Kier molecular flexibility index (Phi) is 8.31. The number of benzene rings is 4. The number of methoxy groups -OCH3 is 1. The number of anilines is 1. The van der Waals surface area contributed by atoms with E-state index in [1.54, 1.807) is 24.4 Å². The van der Waals surface area contributed by atoms with Gasteiger partial charge in [0.2, 0.25) is 0 Å². The molecule has 3 aliphatic rings. The van der Waals surface area contributed by atoms with Gasteiger partial charge in [-0.25, -0.2) is 13.8 Å². The monoisotopic (exact) mass is 679 g/mol. The Labute approximate surface area is 294 Å². The number of nitrogens with one attached hydrogen (secondary N) is 2. The lowest BCUT2D eigenvalue weighted by Gasteiger charge is -2.47. The number of nitrogens with zero attached hydrogens (tertiary/aromatic N) is 3. The van der Waals surface area contributed by atoms with Crippen molar-refractivity contribution in [1.29, 1.82) is 5.26 Å². The maximum atomic E-state index is 16.1.